The van der Waals surface area contributed by atoms with Gasteiger partial charge in [-0.15, -0.1) is 11.3 Å². The van der Waals surface area contributed by atoms with Gasteiger partial charge in [0.25, 0.3) is 0 Å². The minimum Gasteiger partial charge on any atom is -0.135 e. The van der Waals surface area contributed by atoms with Crippen molar-refractivity contribution in [3.63, 3.8) is 0 Å². The maximum atomic E-state index is 2.63. The zero-order valence-electron chi connectivity index (χ0n) is 32.3. The molecular weight excluding hydrogens is 669 g/mol. The highest BCUT2D eigenvalue weighted by Crippen LogP contribution is 2.58. The third-order valence-corrected chi connectivity index (χ3v) is 15.5. The summed E-state index contributed by atoms with van der Waals surface area (Å²) in [7, 11) is 0. The molecule has 0 saturated heterocycles. The second kappa shape index (κ2) is 10.8. The minimum atomic E-state index is -0.0670. The molecule has 7 aromatic carbocycles. The molecule has 1 aromatic heterocycles. The van der Waals surface area contributed by atoms with Crippen molar-refractivity contribution in [3.8, 4) is 0 Å². The van der Waals surface area contributed by atoms with Crippen LogP contribution in [0.15, 0.2) is 133 Å². The monoisotopic (exact) mass is 714 g/mol. The molecule has 0 N–H and O–H groups in total. The molecule has 1 heteroatoms. The van der Waals surface area contributed by atoms with Crippen molar-refractivity contribution >= 4 is 69.4 Å². The molecule has 3 aliphatic carbocycles. The van der Waals surface area contributed by atoms with Crippen molar-refractivity contribution in [2.45, 2.75) is 70.6 Å². The van der Waals surface area contributed by atoms with Gasteiger partial charge in [-0.2, -0.15) is 0 Å². The van der Waals surface area contributed by atoms with E-state index in [9.17, 15) is 0 Å². The fourth-order valence-electron chi connectivity index (χ4n) is 11.3. The van der Waals surface area contributed by atoms with Crippen molar-refractivity contribution in [1.82, 2.24) is 0 Å². The quantitative estimate of drug-likeness (QED) is 0.149. The largest absolute Gasteiger partial charge is 0.135 e. The lowest BCUT2D eigenvalue weighted by molar-refractivity contribution is 0.191. The highest BCUT2D eigenvalue weighted by molar-refractivity contribution is 7.25. The van der Waals surface area contributed by atoms with Gasteiger partial charge in [-0.25, -0.2) is 0 Å². The molecule has 11 rings (SSSR count). The second-order valence-electron chi connectivity index (χ2n) is 18.2. The van der Waals surface area contributed by atoms with Gasteiger partial charge >= 0.3 is 0 Å². The molecule has 54 heavy (non-hydrogen) atoms. The lowest BCUT2D eigenvalue weighted by atomic mass is 9.51. The summed E-state index contributed by atoms with van der Waals surface area (Å²) in [5.41, 5.74) is 11.4. The van der Waals surface area contributed by atoms with Crippen molar-refractivity contribution in [2.24, 2.45) is 11.8 Å². The molecule has 0 aliphatic heterocycles. The van der Waals surface area contributed by atoms with Crippen LogP contribution in [-0.4, -0.2) is 0 Å². The minimum absolute atomic E-state index is 0.0455. The Balaban J connectivity index is 1.12. The highest BCUT2D eigenvalue weighted by Gasteiger charge is 2.50. The Bertz CT molecular complexity index is 2990. The first-order chi connectivity index (χ1) is 25.9. The fourth-order valence-corrected chi connectivity index (χ4v) is 12.4. The van der Waals surface area contributed by atoms with Crippen LogP contribution in [0.5, 0.6) is 0 Å². The number of fused-ring (bicyclic) bond motifs is 13. The topological polar surface area (TPSA) is 0 Å². The number of benzene rings is 7. The van der Waals surface area contributed by atoms with Crippen LogP contribution >= 0.6 is 11.3 Å². The Morgan fingerprint density at radius 3 is 1.78 bits per heavy atom. The zero-order chi connectivity index (χ0) is 36.9. The molecule has 8 aromatic rings. The third-order valence-electron chi connectivity index (χ3n) is 14.4. The summed E-state index contributed by atoms with van der Waals surface area (Å²) in [6.07, 6.45) is 7.61. The summed E-state index contributed by atoms with van der Waals surface area (Å²) < 4.78 is 2.72. The average molecular weight is 715 g/mol. The first-order valence-corrected chi connectivity index (χ1v) is 20.6. The Morgan fingerprint density at radius 2 is 1.04 bits per heavy atom. The SMILES string of the molecule is CC1c2ccccc2C(C)(C)c2cc3c4ccccc4c4cc5c(cc4c3cc21)C(C)(C)C1C=CC(c2ccc3sc4ccccc4c3c2)=CC1C5(C)C. The van der Waals surface area contributed by atoms with Crippen LogP contribution in [0.25, 0.3) is 58.1 Å². The molecule has 0 fully saturated rings. The Kier molecular flexibility index (Phi) is 6.51. The highest BCUT2D eigenvalue weighted by atomic mass is 32.1. The van der Waals surface area contributed by atoms with Gasteiger partial charge in [-0.3, -0.25) is 0 Å². The van der Waals surface area contributed by atoms with E-state index < -0.39 is 0 Å². The van der Waals surface area contributed by atoms with Gasteiger partial charge in [-0.1, -0.05) is 139 Å². The molecule has 3 unspecified atom stereocenters. The number of hydrogen-bond donors (Lipinski definition) is 0. The van der Waals surface area contributed by atoms with Crippen molar-refractivity contribution in [2.75, 3.05) is 0 Å². The van der Waals surface area contributed by atoms with E-state index in [1.165, 1.54) is 97.0 Å². The fraction of sp³-hybridized carbons (Fsp3) is 0.245. The maximum absolute atomic E-state index is 2.63. The summed E-state index contributed by atoms with van der Waals surface area (Å²) >= 11 is 1.90. The molecule has 3 atom stereocenters. The van der Waals surface area contributed by atoms with E-state index in [0.29, 0.717) is 17.8 Å². The number of allylic oxidation sites excluding steroid dienone is 4. The van der Waals surface area contributed by atoms with Crippen molar-refractivity contribution < 1.29 is 0 Å². The van der Waals surface area contributed by atoms with E-state index in [1.807, 2.05) is 11.3 Å². The average Bonchev–Trinajstić information content (AvgIpc) is 3.56. The summed E-state index contributed by atoms with van der Waals surface area (Å²) in [6.45, 7) is 17.3. The number of rotatable bonds is 1. The van der Waals surface area contributed by atoms with Crippen LogP contribution in [0.1, 0.15) is 93.3 Å². The molecule has 0 nitrogen and oxygen atoms in total. The summed E-state index contributed by atoms with van der Waals surface area (Å²) in [5, 5.41) is 11.0. The van der Waals surface area contributed by atoms with Gasteiger partial charge in [-0.05, 0) is 142 Å². The van der Waals surface area contributed by atoms with Gasteiger partial charge in [0, 0.05) is 31.5 Å². The van der Waals surface area contributed by atoms with E-state index in [1.54, 1.807) is 0 Å². The molecule has 0 saturated carbocycles. The first kappa shape index (κ1) is 32.5. The predicted octanol–water partition coefficient (Wildman–Crippen LogP) is 14.8. The van der Waals surface area contributed by atoms with E-state index in [2.05, 4.69) is 182 Å². The Morgan fingerprint density at radius 1 is 0.463 bits per heavy atom. The second-order valence-corrected chi connectivity index (χ2v) is 19.3. The smallest absolute Gasteiger partial charge is 0.0355 e. The molecule has 0 spiro atoms. The van der Waals surface area contributed by atoms with Crippen LogP contribution in [0.4, 0.5) is 0 Å². The number of hydrogen-bond acceptors (Lipinski definition) is 1. The number of thiophene rings is 1. The molecule has 0 radical (unpaired) electrons. The van der Waals surface area contributed by atoms with Crippen LogP contribution in [0.2, 0.25) is 0 Å². The summed E-state index contributed by atoms with van der Waals surface area (Å²) in [6, 6.07) is 44.6. The van der Waals surface area contributed by atoms with E-state index in [0.717, 1.165) is 0 Å². The van der Waals surface area contributed by atoms with Gasteiger partial charge in [0.15, 0.2) is 0 Å². The molecule has 1 heterocycles. The van der Waals surface area contributed by atoms with Crippen LogP contribution < -0.4 is 0 Å². The third kappa shape index (κ3) is 4.20. The van der Waals surface area contributed by atoms with Gasteiger partial charge in [0.05, 0.1) is 0 Å². The van der Waals surface area contributed by atoms with E-state index in [-0.39, 0.29) is 16.2 Å². The summed E-state index contributed by atoms with van der Waals surface area (Å²) in [5.74, 6) is 1.11. The lowest BCUT2D eigenvalue weighted by Gasteiger charge is -2.53. The molecular formula is C53H46S. The van der Waals surface area contributed by atoms with Gasteiger partial charge < -0.3 is 0 Å². The van der Waals surface area contributed by atoms with Crippen LogP contribution in [0, 0.1) is 11.8 Å². The molecule has 3 aliphatic rings. The van der Waals surface area contributed by atoms with Crippen molar-refractivity contribution in [1.29, 1.82) is 0 Å². The van der Waals surface area contributed by atoms with Gasteiger partial charge in [0.1, 0.15) is 0 Å². The standard InChI is InChI=1S/C53H46S/c1-30-33-14-10-12-18-43(33)51(2,3)45-27-39-34-15-8-9-16-35(34)40-28-48-47(29-41(40)38(39)26-37(30)45)52(4,5)44-22-20-32(25-46(44)53(48,6)7)31-21-23-50-42(24-31)36-17-11-13-19-49(36)54-50/h8-30,44,46H,1-7H3. The van der Waals surface area contributed by atoms with E-state index in [4.69, 9.17) is 0 Å². The Hall–Kier alpha value is -4.98. The normalized spacial score (nSPS) is 21.9. The first-order valence-electron chi connectivity index (χ1n) is 19.8. The lowest BCUT2D eigenvalue weighted by Crippen LogP contribution is -2.48. The molecule has 0 bridgehead atoms. The van der Waals surface area contributed by atoms with Crippen LogP contribution in [0.3, 0.4) is 0 Å². The zero-order valence-corrected chi connectivity index (χ0v) is 33.2. The van der Waals surface area contributed by atoms with Gasteiger partial charge in [0.2, 0.25) is 0 Å². The summed E-state index contributed by atoms with van der Waals surface area (Å²) in [4.78, 5) is 0. The van der Waals surface area contributed by atoms with Crippen molar-refractivity contribution in [3.05, 3.63) is 172 Å². The Labute approximate surface area is 322 Å². The maximum Gasteiger partial charge on any atom is 0.0355 e. The van der Waals surface area contributed by atoms with Crippen LogP contribution in [-0.2, 0) is 16.2 Å². The molecule has 0 amide bonds. The molecule has 264 valence electrons. The predicted molar refractivity (Wildman–Crippen MR) is 235 cm³/mol. The van der Waals surface area contributed by atoms with E-state index >= 15 is 0 Å².